The fourth-order valence-electron chi connectivity index (χ4n) is 6.44. The van der Waals surface area contributed by atoms with Crippen LogP contribution in [0.2, 0.25) is 5.02 Å². The van der Waals surface area contributed by atoms with E-state index in [2.05, 4.69) is 0 Å². The standard InChI is InChI=1S/C30H24ClNO5/c1-14-7-8-16(12-22(14)31)32-29(36)19-10-9-17-20(26(19)30(32)37)13-21-27(24(34)11-15(2)28(21)35)25(17)18-5-3-4-6-23(18)33/h3-9,11-12,19-20,25-26,33H,10,13H2,1-2H3/t19-,20+,25+,26-/m0/s1. The summed E-state index contributed by atoms with van der Waals surface area (Å²) in [5.74, 6) is -3.45. The first-order valence-electron chi connectivity index (χ1n) is 12.3. The molecular weight excluding hydrogens is 490 g/mol. The van der Waals surface area contributed by atoms with Gasteiger partial charge in [-0.25, -0.2) is 4.90 Å². The number of benzene rings is 2. The summed E-state index contributed by atoms with van der Waals surface area (Å²) >= 11 is 6.31. The van der Waals surface area contributed by atoms with E-state index in [-0.39, 0.29) is 35.6 Å². The second-order valence-electron chi connectivity index (χ2n) is 10.2. The maximum absolute atomic E-state index is 13.9. The van der Waals surface area contributed by atoms with Crippen molar-refractivity contribution in [2.45, 2.75) is 32.6 Å². The molecule has 4 atom stereocenters. The Morgan fingerprint density at radius 2 is 1.73 bits per heavy atom. The highest BCUT2D eigenvalue weighted by Crippen LogP contribution is 2.56. The van der Waals surface area contributed by atoms with E-state index in [4.69, 9.17) is 11.6 Å². The van der Waals surface area contributed by atoms with E-state index in [9.17, 15) is 24.3 Å². The number of carbonyl (C=O) groups excluding carboxylic acids is 4. The third-order valence-electron chi connectivity index (χ3n) is 8.22. The van der Waals surface area contributed by atoms with Gasteiger partial charge in [0.1, 0.15) is 5.75 Å². The van der Waals surface area contributed by atoms with Gasteiger partial charge < -0.3 is 5.11 Å². The minimum Gasteiger partial charge on any atom is -0.508 e. The second kappa shape index (κ2) is 8.38. The SMILES string of the molecule is CC1=CC(=O)C2=C(C[C@@H]3C(=CC[C@@H]4C(=O)N(c5ccc(C)c(Cl)c5)C(=O)[C@@H]43)[C@@H]2c2ccccc2O)C1=O. The molecule has 1 aliphatic heterocycles. The molecule has 1 heterocycles. The quantitative estimate of drug-likeness (QED) is 0.347. The van der Waals surface area contributed by atoms with Gasteiger partial charge in [-0.2, -0.15) is 0 Å². The smallest absolute Gasteiger partial charge is 0.238 e. The highest BCUT2D eigenvalue weighted by Gasteiger charge is 2.56. The number of fused-ring (bicyclic) bond motifs is 3. The molecule has 0 bridgehead atoms. The van der Waals surface area contributed by atoms with E-state index >= 15 is 0 Å². The lowest BCUT2D eigenvalue weighted by Crippen LogP contribution is -2.39. The van der Waals surface area contributed by atoms with Gasteiger partial charge in [0.25, 0.3) is 0 Å². The summed E-state index contributed by atoms with van der Waals surface area (Å²) in [5.41, 5.74) is 3.67. The van der Waals surface area contributed by atoms with Crippen LogP contribution in [0.15, 0.2) is 76.9 Å². The number of ketones is 2. The zero-order valence-corrected chi connectivity index (χ0v) is 21.1. The maximum Gasteiger partial charge on any atom is 0.238 e. The molecule has 0 spiro atoms. The molecule has 7 heteroatoms. The molecule has 1 fully saturated rings. The van der Waals surface area contributed by atoms with Crippen LogP contribution >= 0.6 is 11.6 Å². The van der Waals surface area contributed by atoms with E-state index < -0.39 is 23.7 Å². The van der Waals surface area contributed by atoms with Crippen molar-refractivity contribution in [2.75, 3.05) is 4.90 Å². The predicted molar refractivity (Wildman–Crippen MR) is 138 cm³/mol. The van der Waals surface area contributed by atoms with Crippen LogP contribution in [0.1, 0.15) is 36.8 Å². The van der Waals surface area contributed by atoms with Crippen molar-refractivity contribution < 1.29 is 24.3 Å². The van der Waals surface area contributed by atoms with Gasteiger partial charge in [0.15, 0.2) is 11.6 Å². The van der Waals surface area contributed by atoms with Crippen molar-refractivity contribution in [1.29, 1.82) is 0 Å². The molecule has 4 aliphatic rings. The minimum atomic E-state index is -0.677. The summed E-state index contributed by atoms with van der Waals surface area (Å²) in [6.45, 7) is 3.46. The maximum atomic E-state index is 13.9. The molecule has 1 N–H and O–H groups in total. The number of amides is 2. The van der Waals surface area contributed by atoms with Crippen LogP contribution in [0.4, 0.5) is 5.69 Å². The largest absolute Gasteiger partial charge is 0.508 e. The molecule has 2 amide bonds. The first kappa shape index (κ1) is 23.6. The molecule has 0 unspecified atom stereocenters. The fourth-order valence-corrected chi connectivity index (χ4v) is 6.62. The molecule has 0 saturated carbocycles. The number of hydrogen-bond acceptors (Lipinski definition) is 5. The molecule has 6 nitrogen and oxygen atoms in total. The first-order valence-corrected chi connectivity index (χ1v) is 12.7. The van der Waals surface area contributed by atoms with Gasteiger partial charge in [0, 0.05) is 33.2 Å². The van der Waals surface area contributed by atoms with Crippen molar-refractivity contribution in [3.05, 3.63) is 93.1 Å². The number of allylic oxidation sites excluding steroid dienone is 6. The summed E-state index contributed by atoms with van der Waals surface area (Å²) in [6, 6.07) is 11.9. The topological polar surface area (TPSA) is 91.8 Å². The van der Waals surface area contributed by atoms with Crippen LogP contribution in [0, 0.1) is 24.7 Å². The number of phenolic OH excluding ortho intramolecular Hbond substituents is 1. The normalized spacial score (nSPS) is 27.1. The Morgan fingerprint density at radius 3 is 2.46 bits per heavy atom. The Kier molecular flexibility index (Phi) is 5.35. The van der Waals surface area contributed by atoms with Crippen LogP contribution in [0.3, 0.4) is 0 Å². The van der Waals surface area contributed by atoms with Crippen molar-refractivity contribution in [2.24, 2.45) is 17.8 Å². The van der Waals surface area contributed by atoms with Gasteiger partial charge >= 0.3 is 0 Å². The van der Waals surface area contributed by atoms with E-state index in [0.717, 1.165) is 11.1 Å². The molecule has 37 heavy (non-hydrogen) atoms. The number of hydrogen-bond donors (Lipinski definition) is 1. The molecule has 0 aromatic heterocycles. The number of rotatable bonds is 2. The van der Waals surface area contributed by atoms with Crippen molar-refractivity contribution in [3.8, 4) is 5.75 Å². The zero-order valence-electron chi connectivity index (χ0n) is 20.3. The second-order valence-corrected chi connectivity index (χ2v) is 10.6. The molecule has 2 aromatic rings. The fraction of sp³-hybridized carbons (Fsp3) is 0.267. The van der Waals surface area contributed by atoms with Crippen molar-refractivity contribution in [3.63, 3.8) is 0 Å². The lowest BCUT2D eigenvalue weighted by atomic mass is 9.59. The number of phenols is 1. The molecule has 6 rings (SSSR count). The van der Waals surface area contributed by atoms with Crippen molar-refractivity contribution >= 4 is 40.7 Å². The molecular formula is C30H24ClNO5. The Bertz CT molecular complexity index is 1530. The van der Waals surface area contributed by atoms with E-state index in [1.54, 1.807) is 49.4 Å². The van der Waals surface area contributed by atoms with E-state index in [0.29, 0.717) is 39.4 Å². The van der Waals surface area contributed by atoms with Crippen LogP contribution in [-0.2, 0) is 19.2 Å². The number of imide groups is 1. The molecule has 1 saturated heterocycles. The summed E-state index contributed by atoms with van der Waals surface area (Å²) in [7, 11) is 0. The lowest BCUT2D eigenvalue weighted by molar-refractivity contribution is -0.123. The molecule has 2 aromatic carbocycles. The summed E-state index contributed by atoms with van der Waals surface area (Å²) < 4.78 is 0. The predicted octanol–water partition coefficient (Wildman–Crippen LogP) is 4.99. The average Bonchev–Trinajstić information content (AvgIpc) is 3.13. The van der Waals surface area contributed by atoms with Crippen LogP contribution < -0.4 is 4.90 Å². The summed E-state index contributed by atoms with van der Waals surface area (Å²) in [6.07, 6.45) is 3.82. The average molecular weight is 514 g/mol. The highest BCUT2D eigenvalue weighted by atomic mass is 35.5. The highest BCUT2D eigenvalue weighted by molar-refractivity contribution is 6.32. The molecule has 0 radical (unpaired) electrons. The Hall–Kier alpha value is -3.77. The number of carbonyl (C=O) groups is 4. The number of Topliss-reactive ketones (excluding diaryl/α,β-unsaturated/α-hetero) is 1. The number of nitrogens with zero attached hydrogens (tertiary/aromatic N) is 1. The first-order chi connectivity index (χ1) is 17.7. The third kappa shape index (κ3) is 3.39. The zero-order chi connectivity index (χ0) is 26.2. The Morgan fingerprint density at radius 1 is 0.973 bits per heavy atom. The van der Waals surface area contributed by atoms with E-state index in [1.165, 1.54) is 11.0 Å². The summed E-state index contributed by atoms with van der Waals surface area (Å²) in [5, 5.41) is 11.2. The van der Waals surface area contributed by atoms with Crippen LogP contribution in [-0.4, -0.2) is 28.5 Å². The number of aryl methyl sites for hydroxylation is 1. The van der Waals surface area contributed by atoms with Gasteiger partial charge in [-0.3, -0.25) is 19.2 Å². The van der Waals surface area contributed by atoms with Gasteiger partial charge in [-0.05, 0) is 62.4 Å². The van der Waals surface area contributed by atoms with Crippen LogP contribution in [0.25, 0.3) is 0 Å². The van der Waals surface area contributed by atoms with Gasteiger partial charge in [0.2, 0.25) is 11.8 Å². The Balaban J connectivity index is 1.49. The monoisotopic (exact) mass is 513 g/mol. The van der Waals surface area contributed by atoms with Gasteiger partial charge in [-0.1, -0.05) is 47.5 Å². The number of halogens is 1. The van der Waals surface area contributed by atoms with Crippen LogP contribution in [0.5, 0.6) is 5.75 Å². The number of aromatic hydroxyl groups is 1. The number of para-hydroxylation sites is 1. The summed E-state index contributed by atoms with van der Waals surface area (Å²) in [4.78, 5) is 55.2. The van der Waals surface area contributed by atoms with Gasteiger partial charge in [0.05, 0.1) is 17.5 Å². The molecule has 186 valence electrons. The minimum absolute atomic E-state index is 0.0132. The molecule has 3 aliphatic carbocycles. The van der Waals surface area contributed by atoms with Gasteiger partial charge in [-0.15, -0.1) is 0 Å². The lowest BCUT2D eigenvalue weighted by Gasteiger charge is -2.42. The third-order valence-corrected chi connectivity index (χ3v) is 8.63. The number of anilines is 1. The Labute approximate surface area is 218 Å². The van der Waals surface area contributed by atoms with E-state index in [1.807, 2.05) is 13.0 Å². The van der Waals surface area contributed by atoms with Crippen molar-refractivity contribution in [1.82, 2.24) is 0 Å².